The van der Waals surface area contributed by atoms with Gasteiger partial charge in [0.15, 0.2) is 0 Å². The van der Waals surface area contributed by atoms with Crippen LogP contribution in [0.3, 0.4) is 0 Å². The summed E-state index contributed by atoms with van der Waals surface area (Å²) in [6.07, 6.45) is 0. The Bertz CT molecular complexity index is 1190. The minimum absolute atomic E-state index is 0.0582. The first-order chi connectivity index (χ1) is 14.9. The summed E-state index contributed by atoms with van der Waals surface area (Å²) in [6.45, 7) is 0. The lowest BCUT2D eigenvalue weighted by molar-refractivity contribution is -0.120. The van der Waals surface area contributed by atoms with Crippen molar-refractivity contribution in [2.75, 3.05) is 10.2 Å². The van der Waals surface area contributed by atoms with Gasteiger partial charge in [-0.3, -0.25) is 9.59 Å². The molecule has 0 aliphatic carbocycles. The Labute approximate surface area is 181 Å². The molecule has 0 fully saturated rings. The average Bonchev–Trinajstić information content (AvgIpc) is 2.99. The van der Waals surface area contributed by atoms with Gasteiger partial charge in [0, 0.05) is 5.69 Å². The highest BCUT2D eigenvalue weighted by Crippen LogP contribution is 2.30. The second-order valence-electron chi connectivity index (χ2n) is 6.52. The molecular weight excluding hydrogens is 423 g/mol. The third-order valence-electron chi connectivity index (χ3n) is 4.46. The van der Waals surface area contributed by atoms with Gasteiger partial charge in [0.2, 0.25) is 0 Å². The van der Waals surface area contributed by atoms with Gasteiger partial charge in [-0.15, -0.1) is 0 Å². The van der Waals surface area contributed by atoms with Crippen molar-refractivity contribution in [3.8, 4) is 5.75 Å². The maximum atomic E-state index is 12.9. The molecule has 0 saturated heterocycles. The molecule has 0 saturated carbocycles. The lowest BCUT2D eigenvalue weighted by Gasteiger charge is -2.14. The van der Waals surface area contributed by atoms with Crippen LogP contribution in [-0.4, -0.2) is 17.8 Å². The molecule has 1 aliphatic heterocycles. The summed E-state index contributed by atoms with van der Waals surface area (Å²) in [7, 11) is 0. The van der Waals surface area contributed by atoms with Gasteiger partial charge in [-0.05, 0) is 60.7 Å². The molecule has 31 heavy (non-hydrogen) atoms. The number of anilines is 2. The highest BCUT2D eigenvalue weighted by molar-refractivity contribution is 6.53. The van der Waals surface area contributed by atoms with E-state index in [1.165, 1.54) is 36.4 Å². The molecule has 6 nitrogen and oxygen atoms in total. The molecule has 1 aliphatic rings. The van der Waals surface area contributed by atoms with Crippen LogP contribution in [0.15, 0.2) is 89.6 Å². The predicted molar refractivity (Wildman–Crippen MR) is 113 cm³/mol. The molecule has 0 spiro atoms. The van der Waals surface area contributed by atoms with Crippen LogP contribution in [0.5, 0.6) is 5.75 Å². The number of ether oxygens (including phenoxy) is 1. The molecule has 2 amide bonds. The summed E-state index contributed by atoms with van der Waals surface area (Å²) in [6, 6.07) is 19.6. The summed E-state index contributed by atoms with van der Waals surface area (Å²) in [5, 5.41) is 2.61. The zero-order valence-electron chi connectivity index (χ0n) is 15.8. The molecule has 0 bridgehead atoms. The van der Waals surface area contributed by atoms with E-state index < -0.39 is 23.6 Å². The Morgan fingerprint density at radius 1 is 0.871 bits per heavy atom. The molecule has 154 valence electrons. The third kappa shape index (κ3) is 4.17. The number of para-hydroxylation sites is 1. The molecule has 1 N–H and O–H groups in total. The summed E-state index contributed by atoms with van der Waals surface area (Å²) in [5.74, 6) is -2.06. The van der Waals surface area contributed by atoms with E-state index in [4.69, 9.17) is 16.3 Å². The fraction of sp³-hybridized carbons (Fsp3) is 0. The normalized spacial score (nSPS) is 13.5. The zero-order chi connectivity index (χ0) is 22.0. The number of amides is 2. The van der Waals surface area contributed by atoms with Crippen LogP contribution >= 0.6 is 11.6 Å². The lowest BCUT2D eigenvalue weighted by atomic mass is 10.2. The number of benzene rings is 3. The van der Waals surface area contributed by atoms with Crippen molar-refractivity contribution in [3.63, 3.8) is 0 Å². The first kappa shape index (κ1) is 20.3. The van der Waals surface area contributed by atoms with E-state index in [0.29, 0.717) is 11.4 Å². The number of carbonyl (C=O) groups is 3. The Kier molecular flexibility index (Phi) is 5.51. The van der Waals surface area contributed by atoms with Gasteiger partial charge in [-0.1, -0.05) is 29.8 Å². The van der Waals surface area contributed by atoms with Gasteiger partial charge < -0.3 is 10.1 Å². The summed E-state index contributed by atoms with van der Waals surface area (Å²) >= 11 is 6.11. The Morgan fingerprint density at radius 3 is 2.16 bits per heavy atom. The minimum atomic E-state index is -0.627. The van der Waals surface area contributed by atoms with E-state index in [2.05, 4.69) is 5.32 Å². The highest BCUT2D eigenvalue weighted by Gasteiger charge is 2.38. The zero-order valence-corrected chi connectivity index (χ0v) is 16.6. The molecule has 3 aromatic rings. The maximum Gasteiger partial charge on any atom is 0.343 e. The first-order valence-corrected chi connectivity index (χ1v) is 9.50. The fourth-order valence-electron chi connectivity index (χ4n) is 2.93. The molecule has 0 aromatic heterocycles. The molecule has 4 rings (SSSR count). The van der Waals surface area contributed by atoms with E-state index in [9.17, 15) is 18.8 Å². The maximum absolute atomic E-state index is 12.9. The van der Waals surface area contributed by atoms with Gasteiger partial charge in [0.1, 0.15) is 22.3 Å². The van der Waals surface area contributed by atoms with Gasteiger partial charge in [-0.25, -0.2) is 14.1 Å². The Hall–Kier alpha value is -3.97. The molecule has 0 radical (unpaired) electrons. The molecule has 8 heteroatoms. The highest BCUT2D eigenvalue weighted by atomic mass is 35.5. The SMILES string of the molecule is O=C(Oc1ccc(F)cc1)c1ccc(NC2=C(Cl)C(=O)N(c3ccccc3)C2=O)cc1. The monoisotopic (exact) mass is 436 g/mol. The van der Waals surface area contributed by atoms with Crippen LogP contribution in [0.25, 0.3) is 0 Å². The standard InChI is InChI=1S/C23H14ClFN2O4/c24-19-20(22(29)27(21(19)28)17-4-2-1-3-5-17)26-16-10-6-14(7-11-16)23(30)31-18-12-8-15(25)9-13-18/h1-13,26H. The number of nitrogens with one attached hydrogen (secondary N) is 1. The van der Waals surface area contributed by atoms with E-state index in [1.807, 2.05) is 0 Å². The van der Waals surface area contributed by atoms with Crippen molar-refractivity contribution in [1.29, 1.82) is 0 Å². The Morgan fingerprint density at radius 2 is 1.52 bits per heavy atom. The smallest absolute Gasteiger partial charge is 0.343 e. The number of carbonyl (C=O) groups excluding carboxylic acids is 3. The number of halogens is 2. The van der Waals surface area contributed by atoms with E-state index in [-0.39, 0.29) is 22.0 Å². The van der Waals surface area contributed by atoms with Crippen molar-refractivity contribution in [2.24, 2.45) is 0 Å². The Balaban J connectivity index is 1.47. The van der Waals surface area contributed by atoms with Crippen LogP contribution < -0.4 is 15.0 Å². The molecule has 3 aromatic carbocycles. The molecule has 0 atom stereocenters. The molecular formula is C23H14ClFN2O4. The number of rotatable bonds is 5. The van der Waals surface area contributed by atoms with Crippen molar-refractivity contribution < 1.29 is 23.5 Å². The largest absolute Gasteiger partial charge is 0.423 e. The summed E-state index contributed by atoms with van der Waals surface area (Å²) in [5.41, 5.74) is 1.04. The topological polar surface area (TPSA) is 75.7 Å². The van der Waals surface area contributed by atoms with Crippen LogP contribution in [0.1, 0.15) is 10.4 Å². The number of hydrogen-bond donors (Lipinski definition) is 1. The van der Waals surface area contributed by atoms with Crippen molar-refractivity contribution in [3.05, 3.63) is 101 Å². The van der Waals surface area contributed by atoms with Crippen LogP contribution in [0.2, 0.25) is 0 Å². The minimum Gasteiger partial charge on any atom is -0.423 e. The second-order valence-corrected chi connectivity index (χ2v) is 6.89. The quantitative estimate of drug-likeness (QED) is 0.362. The van der Waals surface area contributed by atoms with Crippen molar-refractivity contribution in [1.82, 2.24) is 0 Å². The van der Waals surface area contributed by atoms with Crippen molar-refractivity contribution in [2.45, 2.75) is 0 Å². The second kappa shape index (κ2) is 8.41. The van der Waals surface area contributed by atoms with Gasteiger partial charge in [-0.2, -0.15) is 0 Å². The van der Waals surface area contributed by atoms with E-state index >= 15 is 0 Å². The predicted octanol–water partition coefficient (Wildman–Crippen LogP) is 4.48. The number of nitrogens with zero attached hydrogens (tertiary/aromatic N) is 1. The number of esters is 1. The first-order valence-electron chi connectivity index (χ1n) is 9.12. The molecule has 0 unspecified atom stereocenters. The van der Waals surface area contributed by atoms with Crippen LogP contribution in [0.4, 0.5) is 15.8 Å². The fourth-order valence-corrected chi connectivity index (χ4v) is 3.14. The summed E-state index contributed by atoms with van der Waals surface area (Å²) in [4.78, 5) is 38.4. The van der Waals surface area contributed by atoms with Gasteiger partial charge in [0.25, 0.3) is 11.8 Å². The third-order valence-corrected chi connectivity index (χ3v) is 4.81. The number of imide groups is 1. The van der Waals surface area contributed by atoms with Crippen molar-refractivity contribution >= 4 is 40.8 Å². The van der Waals surface area contributed by atoms with E-state index in [0.717, 1.165) is 4.90 Å². The molecule has 1 heterocycles. The summed E-state index contributed by atoms with van der Waals surface area (Å²) < 4.78 is 18.1. The lowest BCUT2D eigenvalue weighted by Crippen LogP contribution is -2.32. The average molecular weight is 437 g/mol. The van der Waals surface area contributed by atoms with E-state index in [1.54, 1.807) is 42.5 Å². The van der Waals surface area contributed by atoms with Crippen LogP contribution in [-0.2, 0) is 9.59 Å². The van der Waals surface area contributed by atoms with Gasteiger partial charge in [0.05, 0.1) is 11.3 Å². The van der Waals surface area contributed by atoms with Gasteiger partial charge >= 0.3 is 5.97 Å². The van der Waals surface area contributed by atoms with Crippen LogP contribution in [0, 0.1) is 5.82 Å². The number of hydrogen-bond acceptors (Lipinski definition) is 5.